The fraction of sp³-hybridized carbons (Fsp3) is 0.625. The number of hydrogen-bond acceptors (Lipinski definition) is 2. The maximum absolute atomic E-state index is 12.9. The molecule has 1 aliphatic carbocycles. The van der Waals surface area contributed by atoms with E-state index in [-0.39, 0.29) is 11.9 Å². The Morgan fingerprint density at radius 3 is 2.42 bits per heavy atom. The highest BCUT2D eigenvalue weighted by Crippen LogP contribution is 2.24. The molecule has 0 radical (unpaired) electrons. The molecule has 1 saturated carbocycles. The highest BCUT2D eigenvalue weighted by Gasteiger charge is 2.21. The molecule has 0 amide bonds. The van der Waals surface area contributed by atoms with Gasteiger partial charge < -0.3 is 5.73 Å². The van der Waals surface area contributed by atoms with Crippen molar-refractivity contribution in [2.75, 3.05) is 13.1 Å². The second kappa shape index (κ2) is 7.01. The summed E-state index contributed by atoms with van der Waals surface area (Å²) in [6, 6.07) is 7.24. The van der Waals surface area contributed by atoms with Crippen LogP contribution < -0.4 is 5.73 Å². The van der Waals surface area contributed by atoms with E-state index in [2.05, 4.69) is 11.8 Å². The summed E-state index contributed by atoms with van der Waals surface area (Å²) in [5, 5.41) is 0. The van der Waals surface area contributed by atoms with Gasteiger partial charge in [0.25, 0.3) is 0 Å². The fourth-order valence-corrected chi connectivity index (χ4v) is 3.05. The molecule has 1 aromatic rings. The van der Waals surface area contributed by atoms with Crippen molar-refractivity contribution in [2.45, 2.75) is 51.1 Å². The summed E-state index contributed by atoms with van der Waals surface area (Å²) < 4.78 is 12.9. The molecule has 0 aromatic heterocycles. The Morgan fingerprint density at radius 2 is 1.84 bits per heavy atom. The van der Waals surface area contributed by atoms with E-state index in [4.69, 9.17) is 5.73 Å². The first-order valence-corrected chi connectivity index (χ1v) is 7.45. The van der Waals surface area contributed by atoms with Gasteiger partial charge in [0.1, 0.15) is 5.82 Å². The van der Waals surface area contributed by atoms with Crippen LogP contribution in [-0.4, -0.2) is 24.0 Å². The molecule has 1 atom stereocenters. The van der Waals surface area contributed by atoms with Crippen LogP contribution in [0.2, 0.25) is 0 Å². The molecule has 2 N–H and O–H groups in total. The van der Waals surface area contributed by atoms with E-state index in [1.54, 1.807) is 12.1 Å². The summed E-state index contributed by atoms with van der Waals surface area (Å²) in [5.74, 6) is -0.199. The van der Waals surface area contributed by atoms with Gasteiger partial charge in [-0.3, -0.25) is 4.90 Å². The first-order valence-electron chi connectivity index (χ1n) is 7.45. The average Bonchev–Trinajstić information content (AvgIpc) is 2.46. The molecule has 2 rings (SSSR count). The summed E-state index contributed by atoms with van der Waals surface area (Å²) in [7, 11) is 0. The minimum atomic E-state index is -0.199. The molecular weight excluding hydrogens is 239 g/mol. The van der Waals surface area contributed by atoms with Gasteiger partial charge in [-0.2, -0.15) is 0 Å². The Morgan fingerprint density at radius 1 is 1.21 bits per heavy atom. The summed E-state index contributed by atoms with van der Waals surface area (Å²) in [5.41, 5.74) is 7.29. The van der Waals surface area contributed by atoms with Crippen LogP contribution in [0.15, 0.2) is 24.3 Å². The zero-order valence-electron chi connectivity index (χ0n) is 11.8. The number of rotatable bonds is 5. The average molecular weight is 264 g/mol. The van der Waals surface area contributed by atoms with Crippen molar-refractivity contribution in [3.05, 3.63) is 35.6 Å². The summed E-state index contributed by atoms with van der Waals surface area (Å²) in [4.78, 5) is 2.49. The smallest absolute Gasteiger partial charge is 0.123 e. The van der Waals surface area contributed by atoms with Crippen molar-refractivity contribution in [1.29, 1.82) is 0 Å². The van der Waals surface area contributed by atoms with E-state index >= 15 is 0 Å². The third-order valence-electron chi connectivity index (χ3n) is 4.23. The summed E-state index contributed by atoms with van der Waals surface area (Å²) >= 11 is 0. The Bertz CT molecular complexity index is 371. The molecule has 106 valence electrons. The summed E-state index contributed by atoms with van der Waals surface area (Å²) in [6.07, 6.45) is 6.64. The lowest BCUT2D eigenvalue weighted by atomic mass is 9.93. The molecule has 0 spiro atoms. The lowest BCUT2D eigenvalue weighted by molar-refractivity contribution is 0.155. The standard InChI is InChI=1S/C16H25FN2/c1-2-19(15-6-4-3-5-7-15)12-16(18)13-8-10-14(17)11-9-13/h8-11,15-16H,2-7,12,18H2,1H3. The van der Waals surface area contributed by atoms with Gasteiger partial charge in [-0.25, -0.2) is 4.39 Å². The zero-order valence-corrected chi connectivity index (χ0v) is 11.8. The molecule has 1 aliphatic rings. The van der Waals surface area contributed by atoms with Gasteiger partial charge in [0.05, 0.1) is 0 Å². The van der Waals surface area contributed by atoms with Gasteiger partial charge in [0, 0.05) is 18.6 Å². The number of nitrogens with two attached hydrogens (primary N) is 1. The van der Waals surface area contributed by atoms with Gasteiger partial charge in [0.15, 0.2) is 0 Å². The second-order valence-corrected chi connectivity index (χ2v) is 5.54. The van der Waals surface area contributed by atoms with Crippen LogP contribution in [0.3, 0.4) is 0 Å². The van der Waals surface area contributed by atoms with Gasteiger partial charge in [-0.1, -0.05) is 38.3 Å². The highest BCUT2D eigenvalue weighted by atomic mass is 19.1. The molecule has 1 aromatic carbocycles. The third-order valence-corrected chi connectivity index (χ3v) is 4.23. The molecule has 3 heteroatoms. The van der Waals surface area contributed by atoms with Crippen LogP contribution in [0.25, 0.3) is 0 Å². The maximum Gasteiger partial charge on any atom is 0.123 e. The number of likely N-dealkylation sites (N-methyl/N-ethyl adjacent to an activating group) is 1. The minimum Gasteiger partial charge on any atom is -0.323 e. The van der Waals surface area contributed by atoms with Crippen molar-refractivity contribution >= 4 is 0 Å². The highest BCUT2D eigenvalue weighted by molar-refractivity contribution is 5.19. The first kappa shape index (κ1) is 14.5. The van der Waals surface area contributed by atoms with Crippen molar-refractivity contribution < 1.29 is 4.39 Å². The van der Waals surface area contributed by atoms with Gasteiger partial charge in [-0.05, 0) is 37.1 Å². The van der Waals surface area contributed by atoms with Crippen LogP contribution in [0.1, 0.15) is 50.6 Å². The largest absolute Gasteiger partial charge is 0.323 e. The van der Waals surface area contributed by atoms with Crippen LogP contribution in [0, 0.1) is 5.82 Å². The lowest BCUT2D eigenvalue weighted by Crippen LogP contribution is -2.41. The third kappa shape index (κ3) is 4.02. The number of nitrogens with zero attached hydrogens (tertiary/aromatic N) is 1. The number of halogens is 1. The van der Waals surface area contributed by atoms with Crippen molar-refractivity contribution in [3.8, 4) is 0 Å². The van der Waals surface area contributed by atoms with E-state index in [0.29, 0.717) is 6.04 Å². The van der Waals surface area contributed by atoms with Crippen molar-refractivity contribution in [1.82, 2.24) is 4.90 Å². The first-order chi connectivity index (χ1) is 9.20. The second-order valence-electron chi connectivity index (χ2n) is 5.54. The van der Waals surface area contributed by atoms with E-state index in [1.807, 2.05) is 0 Å². The SMILES string of the molecule is CCN(CC(N)c1ccc(F)cc1)C1CCCCC1. The van der Waals surface area contributed by atoms with Crippen molar-refractivity contribution in [2.24, 2.45) is 5.73 Å². The molecule has 1 fully saturated rings. The normalized spacial score (nSPS) is 18.7. The Balaban J connectivity index is 1.95. The van der Waals surface area contributed by atoms with Crippen LogP contribution >= 0.6 is 0 Å². The topological polar surface area (TPSA) is 29.3 Å². The number of hydrogen-bond donors (Lipinski definition) is 1. The Hall–Kier alpha value is -0.930. The predicted octanol–water partition coefficient (Wildman–Crippen LogP) is 3.48. The van der Waals surface area contributed by atoms with E-state index in [1.165, 1.54) is 44.2 Å². The maximum atomic E-state index is 12.9. The zero-order chi connectivity index (χ0) is 13.7. The monoisotopic (exact) mass is 264 g/mol. The molecule has 0 aliphatic heterocycles. The van der Waals surface area contributed by atoms with Gasteiger partial charge >= 0.3 is 0 Å². The molecule has 0 saturated heterocycles. The predicted molar refractivity (Wildman–Crippen MR) is 77.4 cm³/mol. The van der Waals surface area contributed by atoms with Gasteiger partial charge in [-0.15, -0.1) is 0 Å². The fourth-order valence-electron chi connectivity index (χ4n) is 3.05. The Labute approximate surface area is 115 Å². The molecular formula is C16H25FN2. The molecule has 19 heavy (non-hydrogen) atoms. The lowest BCUT2D eigenvalue weighted by Gasteiger charge is -2.35. The van der Waals surface area contributed by atoms with E-state index < -0.39 is 0 Å². The van der Waals surface area contributed by atoms with Crippen LogP contribution in [0.4, 0.5) is 4.39 Å². The molecule has 1 unspecified atom stereocenters. The van der Waals surface area contributed by atoms with E-state index in [9.17, 15) is 4.39 Å². The van der Waals surface area contributed by atoms with Crippen molar-refractivity contribution in [3.63, 3.8) is 0 Å². The van der Waals surface area contributed by atoms with E-state index in [0.717, 1.165) is 18.7 Å². The quantitative estimate of drug-likeness (QED) is 0.882. The molecule has 0 bridgehead atoms. The van der Waals surface area contributed by atoms with Gasteiger partial charge in [0.2, 0.25) is 0 Å². The van der Waals surface area contributed by atoms with Crippen LogP contribution in [0.5, 0.6) is 0 Å². The Kier molecular flexibility index (Phi) is 5.34. The minimum absolute atomic E-state index is 0.0255. The molecule has 2 nitrogen and oxygen atoms in total. The summed E-state index contributed by atoms with van der Waals surface area (Å²) in [6.45, 7) is 4.11. The van der Waals surface area contributed by atoms with Crippen LogP contribution in [-0.2, 0) is 0 Å². The molecule has 0 heterocycles. The number of benzene rings is 1.